The molecule has 0 aliphatic carbocycles. The van der Waals surface area contributed by atoms with E-state index in [1.165, 1.54) is 4.90 Å². The molecule has 0 fully saturated rings. The zero-order valence-electron chi connectivity index (χ0n) is 22.9. The monoisotopic (exact) mass is 561 g/mol. The Hall–Kier alpha value is -3.79. The number of aliphatic hydroxyl groups is 1. The predicted molar refractivity (Wildman–Crippen MR) is 155 cm³/mol. The van der Waals surface area contributed by atoms with Gasteiger partial charge >= 0.3 is 0 Å². The van der Waals surface area contributed by atoms with Crippen LogP contribution < -0.4 is 5.56 Å². The Morgan fingerprint density at radius 3 is 2.50 bits per heavy atom. The fraction of sp³-hybridized carbons (Fsp3) is 0.333. The second-order valence-electron chi connectivity index (χ2n) is 11.4. The first-order valence-electron chi connectivity index (χ1n) is 13.1. The molecule has 3 N–H and O–H groups in total. The number of hydrogen-bond donors (Lipinski definition) is 3. The topological polar surface area (TPSA) is 122 Å². The number of imidazole rings is 1. The van der Waals surface area contributed by atoms with Crippen LogP contribution in [-0.2, 0) is 6.42 Å². The van der Waals surface area contributed by atoms with Gasteiger partial charge in [0.25, 0.3) is 17.4 Å². The Labute approximate surface area is 236 Å². The zero-order valence-corrected chi connectivity index (χ0v) is 23.7. The lowest BCUT2D eigenvalue weighted by Crippen LogP contribution is -2.42. The fourth-order valence-electron chi connectivity index (χ4n) is 5.55. The van der Waals surface area contributed by atoms with E-state index in [2.05, 4.69) is 15.0 Å². The highest BCUT2D eigenvalue weighted by molar-refractivity contribution is 6.30. The van der Waals surface area contributed by atoms with Crippen molar-refractivity contribution >= 4 is 34.4 Å². The summed E-state index contributed by atoms with van der Waals surface area (Å²) in [4.78, 5) is 53.3. The van der Waals surface area contributed by atoms with E-state index < -0.39 is 6.10 Å². The van der Waals surface area contributed by atoms with E-state index in [9.17, 15) is 19.5 Å². The lowest BCUT2D eigenvalue weighted by atomic mass is 9.92. The highest BCUT2D eigenvalue weighted by Crippen LogP contribution is 2.32. The molecule has 9 nitrogen and oxygen atoms in total. The van der Waals surface area contributed by atoms with Crippen molar-refractivity contribution in [1.29, 1.82) is 0 Å². The molecule has 5 rings (SSSR count). The molecule has 1 aliphatic heterocycles. The minimum atomic E-state index is -0.757. The Kier molecular flexibility index (Phi) is 7.39. The number of rotatable bonds is 9. The number of carbonyl (C=O) groups is 2. The van der Waals surface area contributed by atoms with E-state index in [0.29, 0.717) is 69.1 Å². The molecule has 0 bridgehead atoms. The second kappa shape index (κ2) is 10.6. The summed E-state index contributed by atoms with van der Waals surface area (Å²) in [7, 11) is 3.92. The van der Waals surface area contributed by atoms with Gasteiger partial charge in [-0.25, -0.2) is 4.98 Å². The van der Waals surface area contributed by atoms with E-state index in [0.717, 1.165) is 6.54 Å². The number of aliphatic hydroxyl groups excluding tert-OH is 1. The Balaban J connectivity index is 1.43. The number of H-pyrrole nitrogens is 2. The predicted octanol–water partition coefficient (Wildman–Crippen LogP) is 4.42. The number of carbonyl (C=O) groups excluding carboxylic acids is 2. The molecule has 2 amide bonds. The lowest BCUT2D eigenvalue weighted by Gasteiger charge is -2.31. The number of aromatic amines is 2. The van der Waals surface area contributed by atoms with Gasteiger partial charge in [0.05, 0.1) is 33.8 Å². The van der Waals surface area contributed by atoms with Crippen molar-refractivity contribution in [3.8, 4) is 11.4 Å². The van der Waals surface area contributed by atoms with Crippen molar-refractivity contribution < 1.29 is 14.7 Å². The van der Waals surface area contributed by atoms with Crippen LogP contribution in [0.5, 0.6) is 0 Å². The van der Waals surface area contributed by atoms with Gasteiger partial charge in [-0.3, -0.25) is 19.3 Å². The van der Waals surface area contributed by atoms with Gasteiger partial charge in [-0.2, -0.15) is 0 Å². The molecule has 0 radical (unpaired) electrons. The molecule has 3 heterocycles. The number of amides is 2. The van der Waals surface area contributed by atoms with E-state index in [-0.39, 0.29) is 22.8 Å². The van der Waals surface area contributed by atoms with Gasteiger partial charge in [0.1, 0.15) is 5.82 Å². The van der Waals surface area contributed by atoms with E-state index in [1.54, 1.807) is 48.7 Å². The van der Waals surface area contributed by atoms with Crippen LogP contribution in [-0.4, -0.2) is 68.9 Å². The molecule has 1 atom stereocenters. The van der Waals surface area contributed by atoms with E-state index >= 15 is 0 Å². The van der Waals surface area contributed by atoms with Crippen LogP contribution in [0.3, 0.4) is 0 Å². The average Bonchev–Trinajstić information content (AvgIpc) is 3.39. The standard InChI is InChI=1S/C30H32ClN5O4/c1-30(2,15-35(3)4)16-36-28(39)20-13-22-23(14-21(20)29(36)40)34-26(33-22)25-17(10-11-32-27(25)38)8-9-24(37)18-6-5-7-19(31)12-18/h5-7,10-14,24,37H,8-9,15-16H2,1-4H3,(H,32,38)(H,33,34)/t24-/m1/s1. The maximum Gasteiger partial charge on any atom is 0.261 e. The molecule has 2 aromatic heterocycles. The van der Waals surface area contributed by atoms with Crippen LogP contribution in [0.2, 0.25) is 5.02 Å². The molecule has 10 heteroatoms. The molecule has 0 saturated carbocycles. The number of nitrogens with zero attached hydrogens (tertiary/aromatic N) is 3. The van der Waals surface area contributed by atoms with Gasteiger partial charge < -0.3 is 20.0 Å². The molecule has 208 valence electrons. The van der Waals surface area contributed by atoms with Gasteiger partial charge in [0.15, 0.2) is 0 Å². The first-order chi connectivity index (χ1) is 18.9. The van der Waals surface area contributed by atoms with E-state index in [4.69, 9.17) is 11.6 Å². The number of benzene rings is 2. The second-order valence-corrected chi connectivity index (χ2v) is 11.9. The molecule has 2 aromatic carbocycles. The summed E-state index contributed by atoms with van der Waals surface area (Å²) in [5.41, 5.74) is 2.81. The number of fused-ring (bicyclic) bond motifs is 2. The summed E-state index contributed by atoms with van der Waals surface area (Å²) < 4.78 is 0. The van der Waals surface area contributed by atoms with Crippen LogP contribution in [0.25, 0.3) is 22.4 Å². The van der Waals surface area contributed by atoms with Crippen LogP contribution >= 0.6 is 11.6 Å². The maximum atomic E-state index is 13.3. The van der Waals surface area contributed by atoms with Crippen LogP contribution in [0.15, 0.2) is 53.5 Å². The van der Waals surface area contributed by atoms with Crippen LogP contribution in [0, 0.1) is 5.41 Å². The molecular formula is C30H32ClN5O4. The smallest absolute Gasteiger partial charge is 0.261 e. The normalized spacial score (nSPS) is 14.4. The number of imide groups is 1. The van der Waals surface area contributed by atoms with Gasteiger partial charge in [0, 0.05) is 24.3 Å². The molecule has 40 heavy (non-hydrogen) atoms. The number of pyridine rings is 1. The van der Waals surface area contributed by atoms with Crippen molar-refractivity contribution in [3.63, 3.8) is 0 Å². The number of halogens is 1. The first-order valence-corrected chi connectivity index (χ1v) is 13.5. The van der Waals surface area contributed by atoms with Crippen molar-refractivity contribution in [2.45, 2.75) is 32.8 Å². The highest BCUT2D eigenvalue weighted by atomic mass is 35.5. The molecule has 0 unspecified atom stereocenters. The summed E-state index contributed by atoms with van der Waals surface area (Å²) in [5, 5.41) is 11.2. The summed E-state index contributed by atoms with van der Waals surface area (Å²) in [6.45, 7) is 5.07. The largest absolute Gasteiger partial charge is 0.388 e. The molecule has 0 saturated heterocycles. The summed E-state index contributed by atoms with van der Waals surface area (Å²) >= 11 is 6.06. The Morgan fingerprint density at radius 1 is 1.07 bits per heavy atom. The summed E-state index contributed by atoms with van der Waals surface area (Å²) in [6.07, 6.45) is 1.59. The SMILES string of the molecule is CN(C)CC(C)(C)CN1C(=O)c2cc3nc(-c4c(CC[C@@H](O)c5cccc(Cl)c5)cc[nH]c4=O)[nH]c3cc2C1=O. The highest BCUT2D eigenvalue weighted by Gasteiger charge is 2.39. The number of hydrogen-bond acceptors (Lipinski definition) is 6. The van der Waals surface area contributed by atoms with Crippen LogP contribution in [0.1, 0.15) is 58.2 Å². The van der Waals surface area contributed by atoms with Gasteiger partial charge in [0.2, 0.25) is 0 Å². The van der Waals surface area contributed by atoms with Crippen molar-refractivity contribution in [2.75, 3.05) is 27.2 Å². The number of aromatic nitrogens is 3. The third-order valence-corrected chi connectivity index (χ3v) is 7.34. The molecule has 0 spiro atoms. The molecule has 1 aliphatic rings. The Morgan fingerprint density at radius 2 is 1.80 bits per heavy atom. The first kappa shape index (κ1) is 27.8. The van der Waals surface area contributed by atoms with E-state index in [1.807, 2.05) is 32.8 Å². The average molecular weight is 562 g/mol. The van der Waals surface area contributed by atoms with Crippen LogP contribution in [0.4, 0.5) is 0 Å². The van der Waals surface area contributed by atoms with Gasteiger partial charge in [-0.15, -0.1) is 0 Å². The van der Waals surface area contributed by atoms with Gasteiger partial charge in [-0.1, -0.05) is 37.6 Å². The Bertz CT molecular complexity index is 1620. The minimum Gasteiger partial charge on any atom is -0.388 e. The summed E-state index contributed by atoms with van der Waals surface area (Å²) in [6, 6.07) is 12.1. The number of nitrogens with one attached hydrogen (secondary N) is 2. The molecular weight excluding hydrogens is 530 g/mol. The van der Waals surface area contributed by atoms with Gasteiger partial charge in [-0.05, 0) is 73.8 Å². The maximum absolute atomic E-state index is 13.3. The third kappa shape index (κ3) is 5.45. The van der Waals surface area contributed by atoms with Crippen molar-refractivity contribution in [1.82, 2.24) is 24.8 Å². The quantitative estimate of drug-likeness (QED) is 0.260. The summed E-state index contributed by atoms with van der Waals surface area (Å²) in [5.74, 6) is -0.346. The molecule has 4 aromatic rings. The minimum absolute atomic E-state index is 0.283. The lowest BCUT2D eigenvalue weighted by molar-refractivity contribution is 0.0570. The van der Waals surface area contributed by atoms with Crippen molar-refractivity contribution in [2.24, 2.45) is 5.41 Å². The fourth-order valence-corrected chi connectivity index (χ4v) is 5.75. The van der Waals surface area contributed by atoms with Crippen molar-refractivity contribution in [3.05, 3.63) is 86.3 Å². The zero-order chi connectivity index (χ0) is 28.8. The third-order valence-electron chi connectivity index (χ3n) is 7.11. The number of aryl methyl sites for hydroxylation is 1.